The van der Waals surface area contributed by atoms with Crippen LogP contribution in [0.15, 0.2) is 47.4 Å². The van der Waals surface area contributed by atoms with Gasteiger partial charge in [-0.05, 0) is 49.2 Å². The monoisotopic (exact) mass is 346 g/mol. The molecular weight excluding hydrogens is 332 g/mol. The topological polar surface area (TPSA) is 34.1 Å². The third-order valence-corrected chi connectivity index (χ3v) is 5.57. The molecule has 0 amide bonds. The van der Waals surface area contributed by atoms with Gasteiger partial charge in [0.1, 0.15) is 10.7 Å². The van der Waals surface area contributed by atoms with Gasteiger partial charge in [-0.2, -0.15) is 13.2 Å². The molecule has 23 heavy (non-hydrogen) atoms. The van der Waals surface area contributed by atoms with Crippen molar-refractivity contribution in [3.63, 3.8) is 0 Å². The molecule has 0 spiro atoms. The fourth-order valence-electron chi connectivity index (χ4n) is 2.04. The minimum absolute atomic E-state index is 0.159. The molecule has 0 saturated heterocycles. The second-order valence-electron chi connectivity index (χ2n) is 5.32. The zero-order valence-electron chi connectivity index (χ0n) is 12.4. The molecule has 2 aromatic carbocycles. The number of halogens is 4. The maximum atomic E-state index is 14.1. The maximum Gasteiger partial charge on any atom is 0.416 e. The van der Waals surface area contributed by atoms with Gasteiger partial charge < -0.3 is 0 Å². The number of hydrogen-bond acceptors (Lipinski definition) is 2. The van der Waals surface area contributed by atoms with Crippen molar-refractivity contribution in [1.29, 1.82) is 0 Å². The summed E-state index contributed by atoms with van der Waals surface area (Å²) < 4.78 is 76.3. The summed E-state index contributed by atoms with van der Waals surface area (Å²) in [5.41, 5.74) is -0.516. The van der Waals surface area contributed by atoms with Crippen LogP contribution in [-0.4, -0.2) is 13.7 Å². The summed E-state index contributed by atoms with van der Waals surface area (Å²) in [6.07, 6.45) is -4.50. The van der Waals surface area contributed by atoms with Gasteiger partial charge in [0.2, 0.25) is 0 Å². The smallest absolute Gasteiger partial charge is 0.223 e. The molecule has 0 aliphatic rings. The van der Waals surface area contributed by atoms with Gasteiger partial charge in [0.25, 0.3) is 0 Å². The van der Waals surface area contributed by atoms with Crippen LogP contribution in [0.5, 0.6) is 0 Å². The second kappa shape index (κ2) is 5.96. The Morgan fingerprint density at radius 3 is 2.09 bits per heavy atom. The number of benzene rings is 2. The third-order valence-electron chi connectivity index (χ3n) is 3.38. The SMILES string of the molecule is CC(C)S(=O)(=O)c1ccc(-c2cccc(C(F)(F)F)c2)cc1F. The summed E-state index contributed by atoms with van der Waals surface area (Å²) in [4.78, 5) is -0.455. The van der Waals surface area contributed by atoms with E-state index in [0.29, 0.717) is 0 Å². The highest BCUT2D eigenvalue weighted by Crippen LogP contribution is 2.33. The van der Waals surface area contributed by atoms with E-state index >= 15 is 0 Å². The van der Waals surface area contributed by atoms with Crippen molar-refractivity contribution >= 4 is 9.84 Å². The number of sulfone groups is 1. The summed E-state index contributed by atoms with van der Waals surface area (Å²) in [6, 6.07) is 7.75. The van der Waals surface area contributed by atoms with E-state index in [4.69, 9.17) is 0 Å². The average molecular weight is 346 g/mol. The van der Waals surface area contributed by atoms with Crippen LogP contribution in [0.1, 0.15) is 19.4 Å². The lowest BCUT2D eigenvalue weighted by molar-refractivity contribution is -0.137. The molecular formula is C16H14F4O2S. The van der Waals surface area contributed by atoms with Crippen LogP contribution in [0.4, 0.5) is 17.6 Å². The van der Waals surface area contributed by atoms with E-state index in [2.05, 4.69) is 0 Å². The summed E-state index contributed by atoms with van der Waals surface area (Å²) in [7, 11) is -3.79. The Bertz CT molecular complexity index is 824. The molecule has 124 valence electrons. The van der Waals surface area contributed by atoms with E-state index in [1.807, 2.05) is 0 Å². The average Bonchev–Trinajstić information content (AvgIpc) is 2.46. The van der Waals surface area contributed by atoms with E-state index in [-0.39, 0.29) is 11.1 Å². The molecule has 7 heteroatoms. The lowest BCUT2D eigenvalue weighted by atomic mass is 10.0. The largest absolute Gasteiger partial charge is 0.416 e. The van der Waals surface area contributed by atoms with E-state index in [1.54, 1.807) is 0 Å². The molecule has 0 unspecified atom stereocenters. The van der Waals surface area contributed by atoms with Crippen molar-refractivity contribution in [3.8, 4) is 11.1 Å². The molecule has 0 fully saturated rings. The van der Waals surface area contributed by atoms with Gasteiger partial charge in [-0.1, -0.05) is 18.2 Å². The first kappa shape index (κ1) is 17.5. The van der Waals surface area contributed by atoms with Crippen LogP contribution < -0.4 is 0 Å². The fourth-order valence-corrected chi connectivity index (χ4v) is 3.14. The molecule has 0 aliphatic carbocycles. The molecule has 0 heterocycles. The van der Waals surface area contributed by atoms with Gasteiger partial charge in [-0.15, -0.1) is 0 Å². The van der Waals surface area contributed by atoms with Crippen molar-refractivity contribution in [2.45, 2.75) is 30.2 Å². The van der Waals surface area contributed by atoms with Crippen molar-refractivity contribution in [2.24, 2.45) is 0 Å². The van der Waals surface area contributed by atoms with Gasteiger partial charge in [-0.25, -0.2) is 12.8 Å². The Morgan fingerprint density at radius 1 is 0.957 bits per heavy atom. The number of hydrogen-bond donors (Lipinski definition) is 0. The van der Waals surface area contributed by atoms with Crippen LogP contribution in [0, 0.1) is 5.82 Å². The van der Waals surface area contributed by atoms with Gasteiger partial charge >= 0.3 is 6.18 Å². The Balaban J connectivity index is 2.50. The van der Waals surface area contributed by atoms with Gasteiger partial charge in [-0.3, -0.25) is 0 Å². The van der Waals surface area contributed by atoms with Crippen molar-refractivity contribution in [2.75, 3.05) is 0 Å². The first-order chi connectivity index (χ1) is 10.5. The molecule has 2 nitrogen and oxygen atoms in total. The first-order valence-electron chi connectivity index (χ1n) is 6.74. The van der Waals surface area contributed by atoms with Crippen LogP contribution >= 0.6 is 0 Å². The van der Waals surface area contributed by atoms with Crippen molar-refractivity contribution < 1.29 is 26.0 Å². The molecule has 0 atom stereocenters. The molecule has 0 N–H and O–H groups in total. The zero-order valence-corrected chi connectivity index (χ0v) is 13.2. The molecule has 0 saturated carbocycles. The first-order valence-corrected chi connectivity index (χ1v) is 8.29. The lowest BCUT2D eigenvalue weighted by Gasteiger charge is -2.11. The van der Waals surface area contributed by atoms with E-state index in [1.165, 1.54) is 32.0 Å². The van der Waals surface area contributed by atoms with E-state index in [9.17, 15) is 26.0 Å². The van der Waals surface area contributed by atoms with Gasteiger partial charge in [0.05, 0.1) is 10.8 Å². The Labute approximate surface area is 131 Å². The maximum absolute atomic E-state index is 14.1. The molecule has 2 rings (SSSR count). The molecule has 0 bridgehead atoms. The predicted octanol–water partition coefficient (Wildman–Crippen LogP) is 4.69. The molecule has 2 aromatic rings. The summed E-state index contributed by atoms with van der Waals surface area (Å²) in [5, 5.41) is -0.795. The summed E-state index contributed by atoms with van der Waals surface area (Å²) >= 11 is 0. The third kappa shape index (κ3) is 3.55. The summed E-state index contributed by atoms with van der Waals surface area (Å²) in [6.45, 7) is 2.85. The quantitative estimate of drug-likeness (QED) is 0.756. The van der Waals surface area contributed by atoms with Crippen LogP contribution in [0.25, 0.3) is 11.1 Å². The highest BCUT2D eigenvalue weighted by molar-refractivity contribution is 7.92. The second-order valence-corrected chi connectivity index (χ2v) is 7.79. The number of rotatable bonds is 3. The van der Waals surface area contributed by atoms with Crippen LogP contribution in [0.3, 0.4) is 0 Å². The lowest BCUT2D eigenvalue weighted by Crippen LogP contribution is -2.15. The molecule has 0 aliphatic heterocycles. The van der Waals surface area contributed by atoms with Crippen LogP contribution in [0.2, 0.25) is 0 Å². The number of alkyl halides is 3. The highest BCUT2D eigenvalue weighted by atomic mass is 32.2. The van der Waals surface area contributed by atoms with E-state index in [0.717, 1.165) is 24.3 Å². The molecule has 0 aromatic heterocycles. The molecule has 0 radical (unpaired) electrons. The fraction of sp³-hybridized carbons (Fsp3) is 0.250. The summed E-state index contributed by atoms with van der Waals surface area (Å²) in [5.74, 6) is -0.978. The normalized spacial score (nSPS) is 12.7. The van der Waals surface area contributed by atoms with Crippen molar-refractivity contribution in [3.05, 3.63) is 53.8 Å². The Hall–Kier alpha value is -1.89. The highest BCUT2D eigenvalue weighted by Gasteiger charge is 2.30. The van der Waals surface area contributed by atoms with Crippen molar-refractivity contribution in [1.82, 2.24) is 0 Å². The minimum atomic E-state index is -4.50. The van der Waals surface area contributed by atoms with E-state index < -0.39 is 37.5 Å². The Kier molecular flexibility index (Phi) is 4.52. The predicted molar refractivity (Wildman–Crippen MR) is 79.2 cm³/mol. The standard InChI is InChI=1S/C16H14F4O2S/c1-10(2)23(21,22)15-7-6-12(9-14(15)17)11-4-3-5-13(8-11)16(18,19)20/h3-10H,1-2H3. The van der Waals surface area contributed by atoms with Gasteiger partial charge in [0.15, 0.2) is 9.84 Å². The minimum Gasteiger partial charge on any atom is -0.223 e. The Morgan fingerprint density at radius 2 is 1.57 bits per heavy atom. The van der Waals surface area contributed by atoms with Gasteiger partial charge in [0, 0.05) is 0 Å². The zero-order chi connectivity index (χ0) is 17.4. The van der Waals surface area contributed by atoms with Crippen LogP contribution in [-0.2, 0) is 16.0 Å².